The van der Waals surface area contributed by atoms with E-state index in [-0.39, 0.29) is 19.1 Å². The maximum absolute atomic E-state index is 13.7. The molecule has 218 valence electrons. The number of piperidine rings is 1. The van der Waals surface area contributed by atoms with Gasteiger partial charge in [0.25, 0.3) is 0 Å². The molecular weight excluding hydrogens is 1200 g/mol. The molecule has 0 atom stereocenters. The fourth-order valence-electron chi connectivity index (χ4n) is 4.14. The van der Waals surface area contributed by atoms with Gasteiger partial charge in [-0.2, -0.15) is 0 Å². The zero-order chi connectivity index (χ0) is 29.8. The van der Waals surface area contributed by atoms with Crippen molar-refractivity contribution in [2.24, 2.45) is 11.3 Å². The molecule has 0 saturated carbocycles. The molecule has 1 heterocycles. The highest BCUT2D eigenvalue weighted by atomic mass is 127. The summed E-state index contributed by atoms with van der Waals surface area (Å²) in [4.78, 5) is 40.0. The standard InChI is InChI=1S/C27H27I6NO6/c1-26(2,14-4-6-34-7-5-14)40-25(37)27(3,12-38-23(35)17-8-15(28)10-19(30)21(17)32)13-39-24(36)18-9-16(29)11-20(31)22(18)33/h8-11,14,34H,4-7,12-13H2,1-3H3. The Labute approximate surface area is 316 Å². The summed E-state index contributed by atoms with van der Waals surface area (Å²) in [5.41, 5.74) is -1.32. The fraction of sp³-hybridized carbons (Fsp3) is 0.444. The van der Waals surface area contributed by atoms with Crippen molar-refractivity contribution < 1.29 is 28.6 Å². The first-order chi connectivity index (χ1) is 18.6. The first-order valence-corrected chi connectivity index (χ1v) is 18.7. The zero-order valence-corrected chi connectivity index (χ0v) is 34.8. The van der Waals surface area contributed by atoms with Crippen LogP contribution in [0.4, 0.5) is 0 Å². The van der Waals surface area contributed by atoms with Crippen LogP contribution in [0.5, 0.6) is 0 Å². The van der Waals surface area contributed by atoms with Crippen molar-refractivity contribution in [2.75, 3.05) is 26.3 Å². The van der Waals surface area contributed by atoms with Gasteiger partial charge < -0.3 is 19.5 Å². The average molecular weight is 1220 g/mol. The number of benzene rings is 2. The van der Waals surface area contributed by atoms with Gasteiger partial charge in [-0.3, -0.25) is 4.79 Å². The monoisotopic (exact) mass is 1220 g/mol. The summed E-state index contributed by atoms with van der Waals surface area (Å²) < 4.78 is 22.7. The van der Waals surface area contributed by atoms with Crippen LogP contribution in [0.2, 0.25) is 0 Å². The van der Waals surface area contributed by atoms with Crippen LogP contribution in [0.3, 0.4) is 0 Å². The van der Waals surface area contributed by atoms with Gasteiger partial charge in [-0.15, -0.1) is 0 Å². The van der Waals surface area contributed by atoms with Crippen molar-refractivity contribution in [3.63, 3.8) is 0 Å². The molecule has 13 heteroatoms. The van der Waals surface area contributed by atoms with Gasteiger partial charge in [0.05, 0.1) is 11.1 Å². The van der Waals surface area contributed by atoms with Gasteiger partial charge >= 0.3 is 17.9 Å². The minimum atomic E-state index is -1.42. The van der Waals surface area contributed by atoms with Gasteiger partial charge in [0.15, 0.2) is 0 Å². The molecule has 0 bridgehead atoms. The number of esters is 3. The van der Waals surface area contributed by atoms with Crippen molar-refractivity contribution in [3.05, 3.63) is 56.8 Å². The van der Waals surface area contributed by atoms with E-state index < -0.39 is 28.9 Å². The predicted molar refractivity (Wildman–Crippen MR) is 204 cm³/mol. The fourth-order valence-corrected chi connectivity index (χ4v) is 8.89. The number of ether oxygens (including phenoxy) is 3. The average Bonchev–Trinajstić information content (AvgIpc) is 2.90. The second-order valence-corrected chi connectivity index (χ2v) is 17.2. The van der Waals surface area contributed by atoms with Gasteiger partial charge in [0.1, 0.15) is 24.2 Å². The highest BCUT2D eigenvalue weighted by Crippen LogP contribution is 2.33. The van der Waals surface area contributed by atoms with Crippen molar-refractivity contribution in [1.82, 2.24) is 5.32 Å². The van der Waals surface area contributed by atoms with Crippen LogP contribution in [0.15, 0.2) is 24.3 Å². The topological polar surface area (TPSA) is 90.9 Å². The lowest BCUT2D eigenvalue weighted by Gasteiger charge is -2.39. The molecule has 1 fully saturated rings. The number of hydrogen-bond donors (Lipinski definition) is 1. The van der Waals surface area contributed by atoms with Crippen molar-refractivity contribution in [1.29, 1.82) is 0 Å². The Morgan fingerprint density at radius 3 is 1.62 bits per heavy atom. The third-order valence-corrected chi connectivity index (χ3v) is 14.0. The van der Waals surface area contributed by atoms with Crippen LogP contribution in [0.25, 0.3) is 0 Å². The molecule has 2 aromatic rings. The van der Waals surface area contributed by atoms with Gasteiger partial charge in [0, 0.05) is 27.3 Å². The van der Waals surface area contributed by atoms with E-state index in [1.165, 1.54) is 0 Å². The lowest BCUT2D eigenvalue weighted by molar-refractivity contribution is -0.179. The Morgan fingerprint density at radius 2 is 1.20 bits per heavy atom. The molecule has 0 aliphatic carbocycles. The third kappa shape index (κ3) is 9.35. The van der Waals surface area contributed by atoms with E-state index in [9.17, 15) is 14.4 Å². The molecule has 1 N–H and O–H groups in total. The SMILES string of the molecule is CC(COC(=O)c1cc(I)cc(I)c1I)(COC(=O)c1cc(I)cc(I)c1I)C(=O)OC(C)(C)C1CCNCC1. The van der Waals surface area contributed by atoms with Crippen molar-refractivity contribution in [3.8, 4) is 0 Å². The number of nitrogens with one attached hydrogen (secondary N) is 1. The number of halogens is 6. The second kappa shape index (κ2) is 15.5. The number of carbonyl (C=O) groups is 3. The Kier molecular flexibility index (Phi) is 13.8. The Hall–Kier alpha value is 1.19. The van der Waals surface area contributed by atoms with Crippen molar-refractivity contribution in [2.45, 2.75) is 39.2 Å². The Balaban J connectivity index is 1.84. The minimum absolute atomic E-state index is 0.178. The lowest BCUT2D eigenvalue weighted by atomic mass is 9.83. The van der Waals surface area contributed by atoms with Gasteiger partial charge in [-0.25, -0.2) is 9.59 Å². The highest BCUT2D eigenvalue weighted by Gasteiger charge is 2.44. The molecule has 0 radical (unpaired) electrons. The summed E-state index contributed by atoms with van der Waals surface area (Å²) in [6.45, 7) is 6.54. The van der Waals surface area contributed by atoms with E-state index in [2.05, 4.69) is 141 Å². The van der Waals surface area contributed by atoms with Gasteiger partial charge in [0.2, 0.25) is 0 Å². The summed E-state index contributed by atoms with van der Waals surface area (Å²) in [7, 11) is 0. The van der Waals surface area contributed by atoms with Crippen LogP contribution in [0.1, 0.15) is 54.3 Å². The van der Waals surface area contributed by atoms with E-state index >= 15 is 0 Å². The Bertz CT molecular complexity index is 1220. The highest BCUT2D eigenvalue weighted by molar-refractivity contribution is 14.1. The molecule has 0 amide bonds. The maximum Gasteiger partial charge on any atom is 0.339 e. The predicted octanol–water partition coefficient (Wildman–Crippen LogP) is 7.66. The van der Waals surface area contributed by atoms with Crippen LogP contribution in [-0.4, -0.2) is 49.8 Å². The minimum Gasteiger partial charge on any atom is -0.461 e. The van der Waals surface area contributed by atoms with Gasteiger partial charge in [-0.1, -0.05) is 0 Å². The maximum atomic E-state index is 13.7. The zero-order valence-electron chi connectivity index (χ0n) is 21.8. The quantitative estimate of drug-likeness (QED) is 0.120. The van der Waals surface area contributed by atoms with E-state index in [4.69, 9.17) is 14.2 Å². The van der Waals surface area contributed by atoms with Crippen LogP contribution >= 0.6 is 136 Å². The molecule has 40 heavy (non-hydrogen) atoms. The van der Waals surface area contributed by atoms with E-state index in [1.54, 1.807) is 19.1 Å². The van der Waals surface area contributed by atoms with E-state index in [0.29, 0.717) is 11.1 Å². The Morgan fingerprint density at radius 1 is 0.775 bits per heavy atom. The largest absolute Gasteiger partial charge is 0.461 e. The smallest absolute Gasteiger partial charge is 0.339 e. The molecule has 2 aromatic carbocycles. The molecule has 3 rings (SSSR count). The molecule has 0 unspecified atom stereocenters. The van der Waals surface area contributed by atoms with Gasteiger partial charge in [-0.05, 0) is 207 Å². The van der Waals surface area contributed by atoms with E-state index in [0.717, 1.165) is 47.4 Å². The normalized spacial score (nSPS) is 14.5. The van der Waals surface area contributed by atoms with Crippen LogP contribution in [-0.2, 0) is 19.0 Å². The molecular formula is C27H27I6NO6. The first kappa shape index (κ1) is 35.7. The molecule has 1 saturated heterocycles. The summed E-state index contributed by atoms with van der Waals surface area (Å²) in [6.07, 6.45) is 1.77. The molecule has 1 aliphatic rings. The lowest BCUT2D eigenvalue weighted by Crippen LogP contribution is -2.48. The summed E-state index contributed by atoms with van der Waals surface area (Å²) in [6, 6.07) is 7.44. The summed E-state index contributed by atoms with van der Waals surface area (Å²) >= 11 is 12.9. The number of rotatable bonds is 9. The first-order valence-electron chi connectivity index (χ1n) is 12.2. The van der Waals surface area contributed by atoms with Crippen molar-refractivity contribution >= 4 is 153 Å². The molecule has 0 spiro atoms. The molecule has 0 aromatic heterocycles. The molecule has 1 aliphatic heterocycles. The molecule has 7 nitrogen and oxygen atoms in total. The van der Waals surface area contributed by atoms with E-state index in [1.807, 2.05) is 26.0 Å². The summed E-state index contributed by atoms with van der Waals surface area (Å²) in [5.74, 6) is -1.50. The second-order valence-electron chi connectivity index (χ2n) is 10.2. The number of carbonyl (C=O) groups excluding carboxylic acids is 3. The summed E-state index contributed by atoms with van der Waals surface area (Å²) in [5, 5.41) is 3.33. The third-order valence-electron chi connectivity index (χ3n) is 6.64. The number of hydrogen-bond acceptors (Lipinski definition) is 7. The van der Waals surface area contributed by atoms with Crippen LogP contribution in [0, 0.1) is 32.8 Å². The van der Waals surface area contributed by atoms with Crippen LogP contribution < -0.4 is 5.32 Å².